The smallest absolute Gasteiger partial charge is 0.307 e. The maximum Gasteiger partial charge on any atom is 0.307 e. The van der Waals surface area contributed by atoms with Crippen molar-refractivity contribution in [2.75, 3.05) is 13.1 Å². The fraction of sp³-hybridized carbons (Fsp3) is 0.692. The Labute approximate surface area is 107 Å². The van der Waals surface area contributed by atoms with Gasteiger partial charge in [0.05, 0.1) is 11.8 Å². The summed E-state index contributed by atoms with van der Waals surface area (Å²) >= 11 is 0. The average Bonchev–Trinajstić information content (AvgIpc) is 2.39. The van der Waals surface area contributed by atoms with Crippen LogP contribution in [0.4, 0.5) is 0 Å². The number of likely N-dealkylation sites (tertiary alicyclic amines) is 1. The van der Waals surface area contributed by atoms with Gasteiger partial charge in [0.25, 0.3) is 0 Å². The fourth-order valence-corrected chi connectivity index (χ4v) is 2.71. The quantitative estimate of drug-likeness (QED) is 0.705. The number of hydrogen-bond donors (Lipinski definition) is 2. The van der Waals surface area contributed by atoms with E-state index in [0.29, 0.717) is 25.9 Å². The van der Waals surface area contributed by atoms with Crippen molar-refractivity contribution in [3.63, 3.8) is 0 Å². The third-order valence-electron chi connectivity index (χ3n) is 3.92. The number of carbonyl (C=O) groups excluding carboxylic acids is 1. The highest BCUT2D eigenvalue weighted by atomic mass is 16.4. The van der Waals surface area contributed by atoms with Crippen LogP contribution in [0.2, 0.25) is 0 Å². The van der Waals surface area contributed by atoms with Crippen LogP contribution in [-0.2, 0) is 9.59 Å². The summed E-state index contributed by atoms with van der Waals surface area (Å²) in [5.74, 6) is -1.86. The molecule has 0 aromatic heterocycles. The SMILES string of the molecule is NC1CCN(C(=O)C2CC=CCC2C(=O)O)CC1. The molecule has 2 unspecified atom stereocenters. The molecule has 0 spiro atoms. The predicted octanol–water partition coefficient (Wildman–Crippen LogP) is 0.603. The van der Waals surface area contributed by atoms with Gasteiger partial charge < -0.3 is 15.7 Å². The van der Waals surface area contributed by atoms with Crippen LogP contribution in [0.3, 0.4) is 0 Å². The Morgan fingerprint density at radius 3 is 2.22 bits per heavy atom. The summed E-state index contributed by atoms with van der Waals surface area (Å²) in [6.45, 7) is 1.32. The Morgan fingerprint density at radius 1 is 1.11 bits per heavy atom. The van der Waals surface area contributed by atoms with Gasteiger partial charge in [0.1, 0.15) is 0 Å². The minimum Gasteiger partial charge on any atom is -0.481 e. The summed E-state index contributed by atoms with van der Waals surface area (Å²) in [7, 11) is 0. The predicted molar refractivity (Wildman–Crippen MR) is 66.8 cm³/mol. The number of carboxylic acid groups (broad SMARTS) is 1. The Kier molecular flexibility index (Phi) is 4.01. The van der Waals surface area contributed by atoms with Crippen molar-refractivity contribution in [3.05, 3.63) is 12.2 Å². The lowest BCUT2D eigenvalue weighted by Gasteiger charge is -2.35. The molecule has 1 fully saturated rings. The van der Waals surface area contributed by atoms with Gasteiger partial charge >= 0.3 is 5.97 Å². The van der Waals surface area contributed by atoms with E-state index >= 15 is 0 Å². The molecule has 2 rings (SSSR count). The van der Waals surface area contributed by atoms with Crippen molar-refractivity contribution in [1.82, 2.24) is 4.90 Å². The van der Waals surface area contributed by atoms with E-state index in [2.05, 4.69) is 0 Å². The van der Waals surface area contributed by atoms with Crippen molar-refractivity contribution in [1.29, 1.82) is 0 Å². The van der Waals surface area contributed by atoms with Gasteiger partial charge in [-0.3, -0.25) is 9.59 Å². The summed E-state index contributed by atoms with van der Waals surface area (Å²) < 4.78 is 0. The number of piperidine rings is 1. The number of nitrogens with two attached hydrogens (primary N) is 1. The Balaban J connectivity index is 2.03. The molecule has 0 saturated carbocycles. The average molecular weight is 252 g/mol. The highest BCUT2D eigenvalue weighted by Crippen LogP contribution is 2.28. The molecule has 3 N–H and O–H groups in total. The second kappa shape index (κ2) is 5.52. The summed E-state index contributed by atoms with van der Waals surface area (Å²) in [6, 6.07) is 0.176. The van der Waals surface area contributed by atoms with Gasteiger partial charge in [0.15, 0.2) is 0 Å². The fourth-order valence-electron chi connectivity index (χ4n) is 2.71. The third kappa shape index (κ3) is 2.72. The molecule has 0 aromatic rings. The molecule has 18 heavy (non-hydrogen) atoms. The first kappa shape index (κ1) is 13.1. The molecule has 1 aliphatic heterocycles. The Morgan fingerprint density at radius 2 is 1.67 bits per heavy atom. The van der Waals surface area contributed by atoms with Crippen molar-refractivity contribution in [3.8, 4) is 0 Å². The summed E-state index contributed by atoms with van der Waals surface area (Å²) in [5.41, 5.74) is 5.81. The molecule has 5 heteroatoms. The van der Waals surface area contributed by atoms with Crippen LogP contribution < -0.4 is 5.73 Å². The lowest BCUT2D eigenvalue weighted by molar-refractivity contribution is -0.151. The zero-order valence-corrected chi connectivity index (χ0v) is 10.4. The van der Waals surface area contributed by atoms with Crippen molar-refractivity contribution >= 4 is 11.9 Å². The number of rotatable bonds is 2. The van der Waals surface area contributed by atoms with Crippen LogP contribution in [0.5, 0.6) is 0 Å². The van der Waals surface area contributed by atoms with Gasteiger partial charge in [-0.2, -0.15) is 0 Å². The normalized spacial score (nSPS) is 29.3. The molecule has 1 aliphatic carbocycles. The van der Waals surface area contributed by atoms with E-state index in [4.69, 9.17) is 5.73 Å². The molecule has 5 nitrogen and oxygen atoms in total. The molecule has 0 aromatic carbocycles. The van der Waals surface area contributed by atoms with E-state index in [1.807, 2.05) is 12.2 Å². The number of amides is 1. The topological polar surface area (TPSA) is 83.6 Å². The molecule has 100 valence electrons. The maximum atomic E-state index is 12.4. The van der Waals surface area contributed by atoms with Crippen LogP contribution >= 0.6 is 0 Å². The first-order valence-corrected chi connectivity index (χ1v) is 6.51. The highest BCUT2D eigenvalue weighted by molar-refractivity contribution is 5.85. The molecular formula is C13H20N2O3. The number of aliphatic carboxylic acids is 1. The summed E-state index contributed by atoms with van der Waals surface area (Å²) in [6.07, 6.45) is 6.39. The number of allylic oxidation sites excluding steroid dienone is 2. The van der Waals surface area contributed by atoms with Gasteiger partial charge in [0, 0.05) is 19.1 Å². The van der Waals surface area contributed by atoms with Gasteiger partial charge in [-0.15, -0.1) is 0 Å². The first-order chi connectivity index (χ1) is 8.59. The Hall–Kier alpha value is -1.36. The lowest BCUT2D eigenvalue weighted by atomic mass is 9.81. The monoisotopic (exact) mass is 252 g/mol. The molecule has 0 bridgehead atoms. The highest BCUT2D eigenvalue weighted by Gasteiger charge is 2.36. The van der Waals surface area contributed by atoms with E-state index < -0.39 is 17.8 Å². The van der Waals surface area contributed by atoms with E-state index in [1.54, 1.807) is 4.90 Å². The van der Waals surface area contributed by atoms with Gasteiger partial charge in [-0.1, -0.05) is 12.2 Å². The van der Waals surface area contributed by atoms with E-state index in [0.717, 1.165) is 12.8 Å². The minimum atomic E-state index is -0.869. The molecular weight excluding hydrogens is 232 g/mol. The van der Waals surface area contributed by atoms with E-state index in [9.17, 15) is 14.7 Å². The standard InChI is InChI=1S/C13H20N2O3/c14-9-5-7-15(8-6-9)12(16)10-3-1-2-4-11(10)13(17)18/h1-2,9-11H,3-8,14H2,(H,17,18). The van der Waals surface area contributed by atoms with Crippen molar-refractivity contribution < 1.29 is 14.7 Å². The second-order valence-electron chi connectivity index (χ2n) is 5.16. The van der Waals surface area contributed by atoms with Gasteiger partial charge in [-0.25, -0.2) is 0 Å². The second-order valence-corrected chi connectivity index (χ2v) is 5.16. The lowest BCUT2D eigenvalue weighted by Crippen LogP contribution is -2.47. The third-order valence-corrected chi connectivity index (χ3v) is 3.92. The zero-order chi connectivity index (χ0) is 13.1. The van der Waals surface area contributed by atoms with Crippen LogP contribution in [0.25, 0.3) is 0 Å². The van der Waals surface area contributed by atoms with Crippen LogP contribution in [0.15, 0.2) is 12.2 Å². The van der Waals surface area contributed by atoms with E-state index in [1.165, 1.54) is 0 Å². The number of hydrogen-bond acceptors (Lipinski definition) is 3. The number of carboxylic acids is 1. The number of carbonyl (C=O) groups is 2. The van der Waals surface area contributed by atoms with Crippen LogP contribution in [-0.4, -0.2) is 41.0 Å². The first-order valence-electron chi connectivity index (χ1n) is 6.51. The zero-order valence-electron chi connectivity index (χ0n) is 10.4. The summed E-state index contributed by atoms with van der Waals surface area (Å²) in [5, 5.41) is 9.17. The van der Waals surface area contributed by atoms with Crippen LogP contribution in [0, 0.1) is 11.8 Å². The summed E-state index contributed by atoms with van der Waals surface area (Å²) in [4.78, 5) is 25.3. The van der Waals surface area contributed by atoms with Gasteiger partial charge in [0.2, 0.25) is 5.91 Å². The minimum absolute atomic E-state index is 0.0151. The molecule has 0 radical (unpaired) electrons. The molecule has 1 amide bonds. The van der Waals surface area contributed by atoms with E-state index in [-0.39, 0.29) is 11.9 Å². The molecule has 1 saturated heterocycles. The van der Waals surface area contributed by atoms with Gasteiger partial charge in [-0.05, 0) is 25.7 Å². The molecule has 1 heterocycles. The molecule has 2 atom stereocenters. The Bertz CT molecular complexity index is 359. The van der Waals surface area contributed by atoms with Crippen LogP contribution in [0.1, 0.15) is 25.7 Å². The van der Waals surface area contributed by atoms with Crippen molar-refractivity contribution in [2.24, 2.45) is 17.6 Å². The molecule has 2 aliphatic rings. The number of nitrogens with zero attached hydrogens (tertiary/aromatic N) is 1. The largest absolute Gasteiger partial charge is 0.481 e. The van der Waals surface area contributed by atoms with Crippen molar-refractivity contribution in [2.45, 2.75) is 31.7 Å². The maximum absolute atomic E-state index is 12.4.